The van der Waals surface area contributed by atoms with E-state index in [9.17, 15) is 13.2 Å². The van der Waals surface area contributed by atoms with E-state index in [-0.39, 0.29) is 6.04 Å². The zero-order valence-electron chi connectivity index (χ0n) is 9.57. The van der Waals surface area contributed by atoms with Gasteiger partial charge in [0.25, 0.3) is 0 Å². The molecule has 1 aliphatic carbocycles. The summed E-state index contributed by atoms with van der Waals surface area (Å²) in [6, 6.07) is 5.05. The highest BCUT2D eigenvalue weighted by Crippen LogP contribution is 2.35. The molecule has 1 aliphatic rings. The molecule has 0 saturated heterocycles. The number of ether oxygens (including phenoxy) is 1. The minimum Gasteiger partial charge on any atom is -0.490 e. The van der Waals surface area contributed by atoms with E-state index in [1.807, 2.05) is 6.07 Å². The SMILES string of the molecule is NC1CCc2c(OCC(O)C(F)(F)F)cccc21. The van der Waals surface area contributed by atoms with Crippen molar-refractivity contribution in [2.24, 2.45) is 5.73 Å². The molecular formula is C12H14F3NO2. The molecule has 100 valence electrons. The Morgan fingerprint density at radius 3 is 2.83 bits per heavy atom. The quantitative estimate of drug-likeness (QED) is 0.874. The number of benzene rings is 1. The molecule has 2 atom stereocenters. The number of hydrogen-bond acceptors (Lipinski definition) is 3. The molecule has 0 saturated carbocycles. The second-order valence-corrected chi connectivity index (χ2v) is 4.34. The van der Waals surface area contributed by atoms with Gasteiger partial charge < -0.3 is 15.6 Å². The third-order valence-electron chi connectivity index (χ3n) is 3.05. The van der Waals surface area contributed by atoms with E-state index in [1.54, 1.807) is 12.1 Å². The van der Waals surface area contributed by atoms with Crippen molar-refractivity contribution in [3.05, 3.63) is 29.3 Å². The van der Waals surface area contributed by atoms with Crippen LogP contribution in [-0.2, 0) is 6.42 Å². The van der Waals surface area contributed by atoms with E-state index in [0.717, 1.165) is 17.5 Å². The van der Waals surface area contributed by atoms with Crippen LogP contribution in [0.5, 0.6) is 5.75 Å². The zero-order valence-corrected chi connectivity index (χ0v) is 9.57. The number of nitrogens with two attached hydrogens (primary N) is 1. The molecule has 1 aromatic rings. The lowest BCUT2D eigenvalue weighted by molar-refractivity contribution is -0.210. The van der Waals surface area contributed by atoms with Crippen LogP contribution in [-0.4, -0.2) is 24.0 Å². The van der Waals surface area contributed by atoms with Crippen LogP contribution in [0.25, 0.3) is 0 Å². The fraction of sp³-hybridized carbons (Fsp3) is 0.500. The highest BCUT2D eigenvalue weighted by molar-refractivity contribution is 5.44. The van der Waals surface area contributed by atoms with Crippen molar-refractivity contribution >= 4 is 0 Å². The maximum Gasteiger partial charge on any atom is 0.417 e. The van der Waals surface area contributed by atoms with E-state index < -0.39 is 18.9 Å². The van der Waals surface area contributed by atoms with Crippen molar-refractivity contribution in [2.45, 2.75) is 31.2 Å². The number of alkyl halides is 3. The lowest BCUT2D eigenvalue weighted by atomic mass is 10.1. The third-order valence-corrected chi connectivity index (χ3v) is 3.05. The first-order valence-electron chi connectivity index (χ1n) is 5.64. The van der Waals surface area contributed by atoms with Crippen LogP contribution in [0.4, 0.5) is 13.2 Å². The summed E-state index contributed by atoms with van der Waals surface area (Å²) in [5.41, 5.74) is 7.61. The van der Waals surface area contributed by atoms with Crippen molar-refractivity contribution in [1.29, 1.82) is 0 Å². The van der Waals surface area contributed by atoms with Crippen LogP contribution in [0.3, 0.4) is 0 Å². The van der Waals surface area contributed by atoms with Crippen LogP contribution in [0.15, 0.2) is 18.2 Å². The van der Waals surface area contributed by atoms with Crippen LogP contribution in [0.1, 0.15) is 23.6 Å². The largest absolute Gasteiger partial charge is 0.490 e. The van der Waals surface area contributed by atoms with Crippen LogP contribution in [0, 0.1) is 0 Å². The normalized spacial score (nSPS) is 20.6. The van der Waals surface area contributed by atoms with Gasteiger partial charge >= 0.3 is 6.18 Å². The molecule has 0 spiro atoms. The maximum absolute atomic E-state index is 12.1. The van der Waals surface area contributed by atoms with Gasteiger partial charge in [0.1, 0.15) is 12.4 Å². The summed E-state index contributed by atoms with van der Waals surface area (Å²) in [5, 5.41) is 8.87. The van der Waals surface area contributed by atoms with E-state index in [4.69, 9.17) is 15.6 Å². The van der Waals surface area contributed by atoms with E-state index in [1.165, 1.54) is 0 Å². The molecule has 6 heteroatoms. The second kappa shape index (κ2) is 4.78. The maximum atomic E-state index is 12.1. The summed E-state index contributed by atoms with van der Waals surface area (Å²) in [7, 11) is 0. The summed E-state index contributed by atoms with van der Waals surface area (Å²) in [5.74, 6) is 0.378. The molecule has 0 radical (unpaired) electrons. The highest BCUT2D eigenvalue weighted by atomic mass is 19.4. The fourth-order valence-electron chi connectivity index (χ4n) is 2.05. The minimum atomic E-state index is -4.66. The average Bonchev–Trinajstić information content (AvgIpc) is 2.67. The molecule has 0 amide bonds. The number of aliphatic hydroxyl groups excluding tert-OH is 1. The molecule has 0 fully saturated rings. The average molecular weight is 261 g/mol. The van der Waals surface area contributed by atoms with E-state index in [2.05, 4.69) is 0 Å². The number of aliphatic hydroxyl groups is 1. The predicted molar refractivity (Wildman–Crippen MR) is 59.2 cm³/mol. The first-order valence-corrected chi connectivity index (χ1v) is 5.64. The molecule has 0 heterocycles. The van der Waals surface area contributed by atoms with Crippen LogP contribution in [0.2, 0.25) is 0 Å². The standard InChI is InChI=1S/C12H14F3NO2/c13-12(14,15)11(17)6-18-10-3-1-2-7-8(10)4-5-9(7)16/h1-3,9,11,17H,4-6,16H2. The van der Waals surface area contributed by atoms with Gasteiger partial charge in [0.15, 0.2) is 6.10 Å². The Kier molecular flexibility index (Phi) is 3.49. The zero-order chi connectivity index (χ0) is 13.3. The van der Waals surface area contributed by atoms with Gasteiger partial charge in [-0.2, -0.15) is 13.2 Å². The molecule has 18 heavy (non-hydrogen) atoms. The lowest BCUT2D eigenvalue weighted by Gasteiger charge is -2.17. The molecule has 2 rings (SSSR count). The van der Waals surface area contributed by atoms with E-state index >= 15 is 0 Å². The van der Waals surface area contributed by atoms with Gasteiger partial charge in [-0.15, -0.1) is 0 Å². The fourth-order valence-corrected chi connectivity index (χ4v) is 2.05. The lowest BCUT2D eigenvalue weighted by Crippen LogP contribution is -2.34. The molecule has 1 aromatic carbocycles. The smallest absolute Gasteiger partial charge is 0.417 e. The molecule has 3 nitrogen and oxygen atoms in total. The van der Waals surface area contributed by atoms with Gasteiger partial charge in [0.05, 0.1) is 0 Å². The van der Waals surface area contributed by atoms with Gasteiger partial charge in [0.2, 0.25) is 0 Å². The Morgan fingerprint density at radius 1 is 1.44 bits per heavy atom. The number of hydrogen-bond donors (Lipinski definition) is 2. The third kappa shape index (κ3) is 2.59. The van der Waals surface area contributed by atoms with Crippen molar-refractivity contribution < 1.29 is 23.0 Å². The van der Waals surface area contributed by atoms with Crippen LogP contribution >= 0.6 is 0 Å². The Bertz CT molecular complexity index is 434. The van der Waals surface area contributed by atoms with Crippen molar-refractivity contribution in [3.8, 4) is 5.75 Å². The molecule has 2 unspecified atom stereocenters. The van der Waals surface area contributed by atoms with Gasteiger partial charge in [-0.3, -0.25) is 0 Å². The van der Waals surface area contributed by atoms with Gasteiger partial charge in [0, 0.05) is 6.04 Å². The number of fused-ring (bicyclic) bond motifs is 1. The minimum absolute atomic E-state index is 0.0870. The van der Waals surface area contributed by atoms with Crippen molar-refractivity contribution in [3.63, 3.8) is 0 Å². The Morgan fingerprint density at radius 2 is 2.17 bits per heavy atom. The molecule has 0 aliphatic heterocycles. The molecular weight excluding hydrogens is 247 g/mol. The first-order chi connectivity index (χ1) is 8.39. The molecule has 0 bridgehead atoms. The van der Waals surface area contributed by atoms with Gasteiger partial charge in [-0.05, 0) is 30.0 Å². The summed E-state index contributed by atoms with van der Waals surface area (Å²) in [6.45, 7) is -0.796. The summed E-state index contributed by atoms with van der Waals surface area (Å²) in [6.07, 6.45) is -5.68. The van der Waals surface area contributed by atoms with Crippen LogP contribution < -0.4 is 10.5 Å². The topological polar surface area (TPSA) is 55.5 Å². The number of rotatable bonds is 3. The number of halogens is 3. The Balaban J connectivity index is 2.08. The summed E-state index contributed by atoms with van der Waals surface area (Å²) >= 11 is 0. The van der Waals surface area contributed by atoms with Crippen molar-refractivity contribution in [2.75, 3.05) is 6.61 Å². The summed E-state index contributed by atoms with van der Waals surface area (Å²) < 4.78 is 41.5. The van der Waals surface area contributed by atoms with Gasteiger partial charge in [-0.25, -0.2) is 0 Å². The predicted octanol–water partition coefficient (Wildman–Crippen LogP) is 1.93. The Labute approximate surface area is 102 Å². The van der Waals surface area contributed by atoms with Crippen molar-refractivity contribution in [1.82, 2.24) is 0 Å². The second-order valence-electron chi connectivity index (χ2n) is 4.34. The Hall–Kier alpha value is -1.27. The first kappa shape index (κ1) is 13.2. The monoisotopic (exact) mass is 261 g/mol. The van der Waals surface area contributed by atoms with E-state index in [0.29, 0.717) is 12.2 Å². The van der Waals surface area contributed by atoms with Gasteiger partial charge in [-0.1, -0.05) is 12.1 Å². The highest BCUT2D eigenvalue weighted by Gasteiger charge is 2.39. The molecule has 0 aromatic heterocycles. The molecule has 3 N–H and O–H groups in total. The summed E-state index contributed by atoms with van der Waals surface area (Å²) in [4.78, 5) is 0.